The molecule has 0 spiro atoms. The minimum atomic E-state index is -3.88. The second-order valence-corrected chi connectivity index (χ2v) is 4.83. The Morgan fingerprint density at radius 3 is 2.44 bits per heavy atom. The molecule has 4 nitrogen and oxygen atoms in total. The molecule has 0 saturated heterocycles. The highest BCUT2D eigenvalue weighted by Gasteiger charge is 2.03. The SMILES string of the molecule is C=Cc1ccc(OCCCS(=O)(=O)O)cc1. The van der Waals surface area contributed by atoms with Crippen molar-refractivity contribution in [2.75, 3.05) is 12.4 Å². The van der Waals surface area contributed by atoms with E-state index >= 15 is 0 Å². The van der Waals surface area contributed by atoms with Crippen molar-refractivity contribution >= 4 is 16.2 Å². The molecule has 1 aromatic carbocycles. The first-order valence-corrected chi connectivity index (χ1v) is 6.42. The predicted octanol–water partition coefficient (Wildman–Crippen LogP) is 1.99. The molecule has 0 heterocycles. The van der Waals surface area contributed by atoms with E-state index in [4.69, 9.17) is 9.29 Å². The van der Waals surface area contributed by atoms with Crippen LogP contribution >= 0.6 is 0 Å². The standard InChI is InChI=1S/C11H14O4S/c1-2-10-4-6-11(7-5-10)15-8-3-9-16(12,13)14/h2,4-7H,1,3,8-9H2,(H,12,13,14). The fraction of sp³-hybridized carbons (Fsp3) is 0.273. The Balaban J connectivity index is 2.35. The zero-order chi connectivity index (χ0) is 12.0. The minimum Gasteiger partial charge on any atom is -0.494 e. The highest BCUT2D eigenvalue weighted by atomic mass is 32.2. The zero-order valence-electron chi connectivity index (χ0n) is 8.80. The summed E-state index contributed by atoms with van der Waals surface area (Å²) < 4.78 is 34.6. The Hall–Kier alpha value is -1.33. The normalized spacial score (nSPS) is 11.1. The van der Waals surface area contributed by atoms with Crippen molar-refractivity contribution in [2.24, 2.45) is 0 Å². The Kier molecular flexibility index (Phi) is 4.52. The molecule has 1 aromatic rings. The zero-order valence-corrected chi connectivity index (χ0v) is 9.61. The average Bonchev–Trinajstić information content (AvgIpc) is 2.24. The first kappa shape index (κ1) is 12.7. The van der Waals surface area contributed by atoms with E-state index in [0.717, 1.165) is 5.56 Å². The van der Waals surface area contributed by atoms with Crippen LogP contribution in [0.4, 0.5) is 0 Å². The number of hydrogen-bond acceptors (Lipinski definition) is 3. The molecule has 0 unspecified atom stereocenters. The van der Waals surface area contributed by atoms with Crippen molar-refractivity contribution in [1.82, 2.24) is 0 Å². The summed E-state index contributed by atoms with van der Waals surface area (Å²) in [5.41, 5.74) is 0.991. The van der Waals surface area contributed by atoms with Crippen molar-refractivity contribution in [2.45, 2.75) is 6.42 Å². The van der Waals surface area contributed by atoms with Crippen molar-refractivity contribution in [3.63, 3.8) is 0 Å². The number of rotatable bonds is 6. The summed E-state index contributed by atoms with van der Waals surface area (Å²) in [6.07, 6.45) is 1.99. The summed E-state index contributed by atoms with van der Waals surface area (Å²) in [5.74, 6) is 0.388. The van der Waals surface area contributed by atoms with E-state index in [2.05, 4.69) is 6.58 Å². The maximum atomic E-state index is 10.4. The smallest absolute Gasteiger partial charge is 0.264 e. The third kappa shape index (κ3) is 4.95. The van der Waals surface area contributed by atoms with E-state index in [1.165, 1.54) is 0 Å². The highest BCUT2D eigenvalue weighted by molar-refractivity contribution is 7.85. The number of benzene rings is 1. The molecule has 1 N–H and O–H groups in total. The van der Waals surface area contributed by atoms with E-state index in [0.29, 0.717) is 5.75 Å². The lowest BCUT2D eigenvalue weighted by Crippen LogP contribution is -2.08. The van der Waals surface area contributed by atoms with Gasteiger partial charge in [-0.15, -0.1) is 0 Å². The van der Waals surface area contributed by atoms with E-state index in [-0.39, 0.29) is 18.8 Å². The number of ether oxygens (including phenoxy) is 1. The van der Waals surface area contributed by atoms with Crippen LogP contribution < -0.4 is 4.74 Å². The van der Waals surface area contributed by atoms with Gasteiger partial charge in [-0.3, -0.25) is 4.55 Å². The van der Waals surface area contributed by atoms with Crippen LogP contribution in [0.15, 0.2) is 30.8 Å². The number of hydrogen-bond donors (Lipinski definition) is 1. The van der Waals surface area contributed by atoms with Crippen LogP contribution in [-0.2, 0) is 10.1 Å². The van der Waals surface area contributed by atoms with Gasteiger partial charge in [0, 0.05) is 0 Å². The molecule has 0 fully saturated rings. The largest absolute Gasteiger partial charge is 0.494 e. The van der Waals surface area contributed by atoms with Crippen molar-refractivity contribution in [3.05, 3.63) is 36.4 Å². The van der Waals surface area contributed by atoms with Crippen molar-refractivity contribution in [1.29, 1.82) is 0 Å². The maximum absolute atomic E-state index is 10.4. The summed E-state index contributed by atoms with van der Waals surface area (Å²) in [7, 11) is -3.88. The molecule has 0 aliphatic heterocycles. The molecule has 0 saturated carbocycles. The van der Waals surface area contributed by atoms with Gasteiger partial charge in [-0.2, -0.15) is 8.42 Å². The second-order valence-electron chi connectivity index (χ2n) is 3.26. The predicted molar refractivity (Wildman–Crippen MR) is 63.1 cm³/mol. The fourth-order valence-corrected chi connectivity index (χ4v) is 1.61. The molecule has 1 rings (SSSR count). The van der Waals surface area contributed by atoms with Crippen LogP contribution in [0.1, 0.15) is 12.0 Å². The van der Waals surface area contributed by atoms with Gasteiger partial charge in [0.15, 0.2) is 0 Å². The molecular formula is C11H14O4S. The van der Waals surface area contributed by atoms with Gasteiger partial charge in [-0.1, -0.05) is 24.8 Å². The van der Waals surface area contributed by atoms with Gasteiger partial charge in [0.2, 0.25) is 0 Å². The molecule has 16 heavy (non-hydrogen) atoms. The molecule has 0 aromatic heterocycles. The fourth-order valence-electron chi connectivity index (χ4n) is 1.13. The third-order valence-electron chi connectivity index (χ3n) is 1.93. The molecule has 0 aliphatic rings. The van der Waals surface area contributed by atoms with Gasteiger partial charge >= 0.3 is 0 Å². The Morgan fingerprint density at radius 1 is 1.31 bits per heavy atom. The lowest BCUT2D eigenvalue weighted by Gasteiger charge is -2.05. The van der Waals surface area contributed by atoms with E-state index in [9.17, 15) is 8.42 Å². The van der Waals surface area contributed by atoms with Gasteiger partial charge in [-0.05, 0) is 24.1 Å². The van der Waals surface area contributed by atoms with Gasteiger partial charge in [-0.25, -0.2) is 0 Å². The monoisotopic (exact) mass is 242 g/mol. The van der Waals surface area contributed by atoms with Crippen LogP contribution in [-0.4, -0.2) is 25.3 Å². The maximum Gasteiger partial charge on any atom is 0.264 e. The van der Waals surface area contributed by atoms with Gasteiger partial charge < -0.3 is 4.74 Å². The van der Waals surface area contributed by atoms with Gasteiger partial charge in [0.1, 0.15) is 5.75 Å². The summed E-state index contributed by atoms with van der Waals surface area (Å²) in [6.45, 7) is 3.88. The Labute approximate surface area is 95.3 Å². The van der Waals surface area contributed by atoms with Crippen LogP contribution in [0.25, 0.3) is 6.08 Å². The molecule has 88 valence electrons. The Morgan fingerprint density at radius 2 is 1.94 bits per heavy atom. The molecule has 0 bridgehead atoms. The molecule has 0 atom stereocenters. The Bertz CT molecular complexity index is 434. The molecule has 0 amide bonds. The summed E-state index contributed by atoms with van der Waals surface area (Å²) >= 11 is 0. The molecule has 0 radical (unpaired) electrons. The topological polar surface area (TPSA) is 63.6 Å². The van der Waals surface area contributed by atoms with Crippen LogP contribution in [0, 0.1) is 0 Å². The summed E-state index contributed by atoms with van der Waals surface area (Å²) in [4.78, 5) is 0. The third-order valence-corrected chi connectivity index (χ3v) is 2.74. The lowest BCUT2D eigenvalue weighted by atomic mass is 10.2. The second kappa shape index (κ2) is 5.67. The average molecular weight is 242 g/mol. The molecule has 0 aliphatic carbocycles. The first-order chi connectivity index (χ1) is 7.51. The minimum absolute atomic E-state index is 0.257. The first-order valence-electron chi connectivity index (χ1n) is 4.82. The van der Waals surface area contributed by atoms with Crippen molar-refractivity contribution < 1.29 is 17.7 Å². The molecular weight excluding hydrogens is 228 g/mol. The summed E-state index contributed by atoms with van der Waals surface area (Å²) in [5, 5.41) is 0. The van der Waals surface area contributed by atoms with Crippen LogP contribution in [0.2, 0.25) is 0 Å². The highest BCUT2D eigenvalue weighted by Crippen LogP contribution is 2.12. The van der Waals surface area contributed by atoms with Crippen molar-refractivity contribution in [3.8, 4) is 5.75 Å². The van der Waals surface area contributed by atoms with Gasteiger partial charge in [0.05, 0.1) is 12.4 Å². The van der Waals surface area contributed by atoms with E-state index in [1.807, 2.05) is 12.1 Å². The quantitative estimate of drug-likeness (QED) is 0.612. The van der Waals surface area contributed by atoms with Crippen LogP contribution in [0.5, 0.6) is 5.75 Å². The van der Waals surface area contributed by atoms with Gasteiger partial charge in [0.25, 0.3) is 10.1 Å². The summed E-state index contributed by atoms with van der Waals surface area (Å²) in [6, 6.07) is 7.27. The lowest BCUT2D eigenvalue weighted by molar-refractivity contribution is 0.316. The molecule has 5 heteroatoms. The van der Waals surface area contributed by atoms with E-state index in [1.54, 1.807) is 18.2 Å². The van der Waals surface area contributed by atoms with Crippen LogP contribution in [0.3, 0.4) is 0 Å². The van der Waals surface area contributed by atoms with E-state index < -0.39 is 10.1 Å².